The number of rotatable bonds is 6. The Bertz CT molecular complexity index is 472. The van der Waals surface area contributed by atoms with Gasteiger partial charge in [0.05, 0.1) is 15.5 Å². The van der Waals surface area contributed by atoms with Crippen molar-refractivity contribution in [3.8, 4) is 0 Å². The molecule has 20 heavy (non-hydrogen) atoms. The minimum atomic E-state index is -0.424. The van der Waals surface area contributed by atoms with Gasteiger partial charge in [-0.3, -0.25) is 10.1 Å². The third-order valence-electron chi connectivity index (χ3n) is 2.80. The highest BCUT2D eigenvalue weighted by atomic mass is 79.9. The van der Waals surface area contributed by atoms with Gasteiger partial charge in [0, 0.05) is 19.2 Å². The second-order valence-electron chi connectivity index (χ2n) is 6.06. The molecule has 0 bridgehead atoms. The summed E-state index contributed by atoms with van der Waals surface area (Å²) in [6.45, 7) is 7.17. The minimum Gasteiger partial charge on any atom is -0.392 e. The van der Waals surface area contributed by atoms with Gasteiger partial charge in [-0.15, -0.1) is 0 Å². The van der Waals surface area contributed by atoms with E-state index in [-0.39, 0.29) is 11.1 Å². The summed E-state index contributed by atoms with van der Waals surface area (Å²) >= 11 is 3.25. The van der Waals surface area contributed by atoms with Crippen molar-refractivity contribution in [3.63, 3.8) is 0 Å². The van der Waals surface area contributed by atoms with Gasteiger partial charge in [0.15, 0.2) is 0 Å². The van der Waals surface area contributed by atoms with Crippen molar-refractivity contribution in [1.82, 2.24) is 5.32 Å². The van der Waals surface area contributed by atoms with Gasteiger partial charge in [-0.2, -0.15) is 0 Å². The first-order valence-electron chi connectivity index (χ1n) is 6.51. The molecule has 0 amide bonds. The van der Waals surface area contributed by atoms with Crippen molar-refractivity contribution in [2.75, 3.05) is 6.54 Å². The van der Waals surface area contributed by atoms with E-state index in [1.807, 2.05) is 6.07 Å². The smallest absolute Gasteiger partial charge is 0.283 e. The van der Waals surface area contributed by atoms with Gasteiger partial charge in [-0.05, 0) is 33.3 Å². The molecule has 0 radical (unpaired) electrons. The van der Waals surface area contributed by atoms with E-state index in [4.69, 9.17) is 0 Å². The van der Waals surface area contributed by atoms with Crippen LogP contribution in [0, 0.1) is 15.5 Å². The van der Waals surface area contributed by atoms with Crippen LogP contribution in [0.3, 0.4) is 0 Å². The molecule has 0 aromatic heterocycles. The van der Waals surface area contributed by atoms with E-state index >= 15 is 0 Å². The molecule has 0 spiro atoms. The van der Waals surface area contributed by atoms with Crippen LogP contribution < -0.4 is 5.32 Å². The summed E-state index contributed by atoms with van der Waals surface area (Å²) in [6, 6.07) is 4.94. The Morgan fingerprint density at radius 1 is 1.45 bits per heavy atom. The van der Waals surface area contributed by atoms with Crippen molar-refractivity contribution >= 4 is 21.6 Å². The van der Waals surface area contributed by atoms with E-state index in [9.17, 15) is 15.2 Å². The van der Waals surface area contributed by atoms with Crippen molar-refractivity contribution < 1.29 is 10.0 Å². The minimum absolute atomic E-state index is 0.0551. The van der Waals surface area contributed by atoms with Crippen LogP contribution in [0.1, 0.15) is 32.8 Å². The second-order valence-corrected chi connectivity index (χ2v) is 6.85. The monoisotopic (exact) mass is 344 g/mol. The van der Waals surface area contributed by atoms with Crippen molar-refractivity contribution in [2.45, 2.75) is 39.8 Å². The van der Waals surface area contributed by atoms with Crippen LogP contribution in [0.2, 0.25) is 0 Å². The third-order valence-corrected chi connectivity index (χ3v) is 3.71. The van der Waals surface area contributed by atoms with Gasteiger partial charge in [0.2, 0.25) is 0 Å². The van der Waals surface area contributed by atoms with Crippen molar-refractivity contribution in [1.29, 1.82) is 0 Å². The summed E-state index contributed by atoms with van der Waals surface area (Å²) in [6.07, 6.45) is 0.281. The molecule has 0 aliphatic heterocycles. The molecule has 0 heterocycles. The predicted octanol–water partition coefficient (Wildman–Crippen LogP) is 3.24. The summed E-state index contributed by atoms with van der Waals surface area (Å²) in [5, 5.41) is 23.8. The van der Waals surface area contributed by atoms with Gasteiger partial charge in [0.25, 0.3) is 5.69 Å². The van der Waals surface area contributed by atoms with E-state index in [1.54, 1.807) is 6.07 Å². The highest BCUT2D eigenvalue weighted by molar-refractivity contribution is 9.10. The maximum atomic E-state index is 10.8. The highest BCUT2D eigenvalue weighted by Crippen LogP contribution is 2.28. The second kappa shape index (κ2) is 7.15. The first-order chi connectivity index (χ1) is 9.20. The fraction of sp³-hybridized carbons (Fsp3) is 0.571. The van der Waals surface area contributed by atoms with E-state index in [0.29, 0.717) is 24.0 Å². The van der Waals surface area contributed by atoms with E-state index < -0.39 is 11.0 Å². The molecule has 112 valence electrons. The zero-order valence-corrected chi connectivity index (χ0v) is 13.6. The summed E-state index contributed by atoms with van der Waals surface area (Å²) in [7, 11) is 0. The number of nitro groups is 1. The third kappa shape index (κ3) is 5.56. The Labute approximate surface area is 127 Å². The standard InChI is InChI=1S/C14H21BrN2O3/c1-14(2,3)7-11(18)9-16-8-10-5-4-6-12(13(10)15)17(19)20/h4-6,11,16,18H,7-9H2,1-3H3. The average molecular weight is 345 g/mol. The van der Waals surface area contributed by atoms with Gasteiger partial charge in [-0.25, -0.2) is 0 Å². The van der Waals surface area contributed by atoms with Crippen LogP contribution in [0.5, 0.6) is 0 Å². The Hall–Kier alpha value is -0.980. The summed E-state index contributed by atoms with van der Waals surface area (Å²) in [5.41, 5.74) is 0.939. The number of halogens is 1. The van der Waals surface area contributed by atoms with E-state index in [1.165, 1.54) is 6.07 Å². The molecule has 1 atom stereocenters. The molecule has 2 N–H and O–H groups in total. The van der Waals surface area contributed by atoms with Crippen LogP contribution in [-0.4, -0.2) is 22.7 Å². The van der Waals surface area contributed by atoms with Crippen LogP contribution in [-0.2, 0) is 6.54 Å². The lowest BCUT2D eigenvalue weighted by molar-refractivity contribution is -0.385. The lowest BCUT2D eigenvalue weighted by atomic mass is 9.89. The normalized spacial score (nSPS) is 13.2. The quantitative estimate of drug-likeness (QED) is 0.613. The zero-order valence-electron chi connectivity index (χ0n) is 12.0. The Kier molecular flexibility index (Phi) is 6.10. The molecule has 0 saturated heterocycles. The Morgan fingerprint density at radius 2 is 2.10 bits per heavy atom. The van der Waals surface area contributed by atoms with Gasteiger partial charge >= 0.3 is 0 Å². The number of nitrogens with zero attached hydrogens (tertiary/aromatic N) is 1. The summed E-state index contributed by atoms with van der Waals surface area (Å²) in [4.78, 5) is 10.4. The van der Waals surface area contributed by atoms with Crippen molar-refractivity contribution in [3.05, 3.63) is 38.3 Å². The zero-order chi connectivity index (χ0) is 15.3. The predicted molar refractivity (Wildman–Crippen MR) is 82.6 cm³/mol. The molecule has 5 nitrogen and oxygen atoms in total. The number of nitro benzene ring substituents is 1. The molecule has 1 aromatic carbocycles. The molecule has 0 fully saturated rings. The fourth-order valence-electron chi connectivity index (χ4n) is 2.00. The van der Waals surface area contributed by atoms with Gasteiger partial charge in [-0.1, -0.05) is 32.9 Å². The number of hydrogen-bond donors (Lipinski definition) is 2. The molecule has 0 aliphatic carbocycles. The number of aliphatic hydroxyl groups is 1. The molecule has 6 heteroatoms. The first kappa shape index (κ1) is 17.1. The van der Waals surface area contributed by atoms with Crippen LogP contribution in [0.15, 0.2) is 22.7 Å². The SMILES string of the molecule is CC(C)(C)CC(O)CNCc1cccc([N+](=O)[O-])c1Br. The lowest BCUT2D eigenvalue weighted by Crippen LogP contribution is -2.29. The van der Waals surface area contributed by atoms with Gasteiger partial charge in [0.1, 0.15) is 0 Å². The van der Waals surface area contributed by atoms with Crippen LogP contribution in [0.4, 0.5) is 5.69 Å². The number of hydrogen-bond acceptors (Lipinski definition) is 4. The van der Waals surface area contributed by atoms with Crippen LogP contribution >= 0.6 is 15.9 Å². The maximum Gasteiger partial charge on any atom is 0.283 e. The number of benzene rings is 1. The largest absolute Gasteiger partial charge is 0.392 e. The number of aliphatic hydroxyl groups excluding tert-OH is 1. The maximum absolute atomic E-state index is 10.8. The number of nitrogens with one attached hydrogen (secondary N) is 1. The molecule has 0 saturated carbocycles. The molecular weight excluding hydrogens is 324 g/mol. The van der Waals surface area contributed by atoms with E-state index in [2.05, 4.69) is 42.0 Å². The average Bonchev–Trinajstić information content (AvgIpc) is 2.28. The first-order valence-corrected chi connectivity index (χ1v) is 7.30. The molecule has 0 aliphatic rings. The highest BCUT2D eigenvalue weighted by Gasteiger charge is 2.17. The molecule has 1 unspecified atom stereocenters. The summed E-state index contributed by atoms with van der Waals surface area (Å²) in [5.74, 6) is 0. The molecule has 1 rings (SSSR count). The Morgan fingerprint density at radius 3 is 2.65 bits per heavy atom. The summed E-state index contributed by atoms with van der Waals surface area (Å²) < 4.78 is 0.489. The topological polar surface area (TPSA) is 75.4 Å². The molecule has 1 aromatic rings. The lowest BCUT2D eigenvalue weighted by Gasteiger charge is -2.22. The van der Waals surface area contributed by atoms with Crippen molar-refractivity contribution in [2.24, 2.45) is 5.41 Å². The van der Waals surface area contributed by atoms with Crippen LogP contribution in [0.25, 0.3) is 0 Å². The molecular formula is C14H21BrN2O3. The van der Waals surface area contributed by atoms with E-state index in [0.717, 1.165) is 5.56 Å². The van der Waals surface area contributed by atoms with Gasteiger partial charge < -0.3 is 10.4 Å². The Balaban J connectivity index is 2.55. The fourth-order valence-corrected chi connectivity index (χ4v) is 2.55.